The summed E-state index contributed by atoms with van der Waals surface area (Å²) in [4.78, 5) is 49.9. The quantitative estimate of drug-likeness (QED) is 0.0285. The van der Waals surface area contributed by atoms with E-state index in [1.54, 1.807) is 87.5 Å². The zero-order valence-electron chi connectivity index (χ0n) is 59.9. The summed E-state index contributed by atoms with van der Waals surface area (Å²) < 4.78 is 63.0. The number of carbonyl (C=O) groups excluding carboxylic acids is 4. The average molecular weight is 1390 g/mol. The van der Waals surface area contributed by atoms with Gasteiger partial charge in [0.2, 0.25) is 0 Å². The Labute approximate surface area is 608 Å². The molecule has 0 bridgehead atoms. The van der Waals surface area contributed by atoms with Gasteiger partial charge >= 0.3 is 23.9 Å². The van der Waals surface area contributed by atoms with Crippen LogP contribution in [0.25, 0.3) is 33.4 Å². The number of aryl methyl sites for hydroxylation is 5. The second-order valence-electron chi connectivity index (χ2n) is 26.9. The summed E-state index contributed by atoms with van der Waals surface area (Å²) in [5.41, 5.74) is 12.9. The molecule has 0 radical (unpaired) electrons. The van der Waals surface area contributed by atoms with Crippen molar-refractivity contribution in [3.05, 3.63) is 298 Å². The third kappa shape index (κ3) is 24.5. The van der Waals surface area contributed by atoms with Crippen molar-refractivity contribution in [2.45, 2.75) is 177 Å². The van der Waals surface area contributed by atoms with Crippen LogP contribution in [0.3, 0.4) is 0 Å². The summed E-state index contributed by atoms with van der Waals surface area (Å²) >= 11 is 0. The molecule has 0 amide bonds. The van der Waals surface area contributed by atoms with Gasteiger partial charge in [-0.05, 0) is 241 Å². The molecule has 0 saturated heterocycles. The topological polar surface area (TPSA) is 105 Å². The number of ether oxygens (including phenoxy) is 4. The van der Waals surface area contributed by atoms with Gasteiger partial charge in [-0.2, -0.15) is 0 Å². The molecule has 1 saturated carbocycles. The van der Waals surface area contributed by atoms with Gasteiger partial charge in [0.25, 0.3) is 0 Å². The summed E-state index contributed by atoms with van der Waals surface area (Å²) in [5.74, 6) is 0.0361. The van der Waals surface area contributed by atoms with E-state index in [1.165, 1.54) is 168 Å². The second-order valence-corrected chi connectivity index (χ2v) is 26.9. The Kier molecular flexibility index (Phi) is 30.9. The summed E-state index contributed by atoms with van der Waals surface area (Å²) in [6, 6.07) is 66.5. The van der Waals surface area contributed by atoms with Crippen LogP contribution in [0.5, 0.6) is 23.0 Å². The molecule has 1 aliphatic rings. The van der Waals surface area contributed by atoms with Crippen molar-refractivity contribution < 1.29 is 51.3 Å². The van der Waals surface area contributed by atoms with Gasteiger partial charge in [-0.25, -0.2) is 32.3 Å². The van der Waals surface area contributed by atoms with Gasteiger partial charge in [-0.3, -0.25) is 0 Å². The summed E-state index contributed by atoms with van der Waals surface area (Å²) in [6.45, 7) is 11.9. The van der Waals surface area contributed by atoms with E-state index in [0.717, 1.165) is 58.6 Å². The van der Waals surface area contributed by atoms with E-state index in [2.05, 4.69) is 57.2 Å². The molecule has 103 heavy (non-hydrogen) atoms. The number of hydrogen-bond acceptors (Lipinski definition) is 8. The fourth-order valence-electron chi connectivity index (χ4n) is 12.3. The standard InChI is InChI=1S/C35H37FO2.C29H31FO4.C27H27FO2.CH4/c1-3-4-5-6-7-8-9-10-27-12-15-28(16-13-27)29-17-19-31(20-18-29)35(37)38-33-23-21-30(22-24-33)32-14-11-26(2)34(36)25-32;1-3-4-5-6-7-8-9-22-11-13-23(14-12-22)28(31)33-25-18-15-24(16-19-25)29(32)34-26-17-10-21(2)27(30)20-26;1-18-3-6-20(7-4-18)21-9-11-23(12-10-21)27(29)30-25-15-13-22(14-16-25)24-8-5-19(2)26(28)17-24;/h11-25H,3-10H2,1-2H3;10-20H,3-9H2,1-2H3;5,8-18,20H,3-4,6-7H2,1-2H3;1H4. The van der Waals surface area contributed by atoms with E-state index in [-0.39, 0.29) is 36.3 Å². The number of hydrogen-bond donors (Lipinski definition) is 0. The monoisotopic (exact) mass is 1390 g/mol. The molecule has 0 N–H and O–H groups in total. The molecule has 0 aliphatic heterocycles. The molecule has 8 nitrogen and oxygen atoms in total. The smallest absolute Gasteiger partial charge is 0.343 e. The first-order valence-corrected chi connectivity index (χ1v) is 36.4. The third-order valence-corrected chi connectivity index (χ3v) is 18.9. The van der Waals surface area contributed by atoms with Gasteiger partial charge in [-0.15, -0.1) is 0 Å². The van der Waals surface area contributed by atoms with E-state index < -0.39 is 23.7 Å². The maximum atomic E-state index is 13.9. The first-order chi connectivity index (χ1) is 49.5. The Morgan fingerprint density at radius 1 is 0.320 bits per heavy atom. The minimum atomic E-state index is -0.623. The van der Waals surface area contributed by atoms with Crippen LogP contribution in [0.1, 0.15) is 218 Å². The van der Waals surface area contributed by atoms with Gasteiger partial charge in [-0.1, -0.05) is 227 Å². The molecule has 536 valence electrons. The highest BCUT2D eigenvalue weighted by Gasteiger charge is 2.21. The molecule has 1 aliphatic carbocycles. The van der Waals surface area contributed by atoms with Crippen molar-refractivity contribution in [3.8, 4) is 56.4 Å². The first kappa shape index (κ1) is 78.6. The van der Waals surface area contributed by atoms with E-state index >= 15 is 0 Å². The summed E-state index contributed by atoms with van der Waals surface area (Å²) in [6.07, 6.45) is 23.9. The van der Waals surface area contributed by atoms with Gasteiger partial charge in [0, 0.05) is 6.07 Å². The third-order valence-electron chi connectivity index (χ3n) is 18.9. The largest absolute Gasteiger partial charge is 0.423 e. The molecule has 0 atom stereocenters. The van der Waals surface area contributed by atoms with E-state index in [9.17, 15) is 32.3 Å². The van der Waals surface area contributed by atoms with E-state index in [1.807, 2.05) is 72.8 Å². The van der Waals surface area contributed by atoms with Crippen LogP contribution in [0.15, 0.2) is 224 Å². The van der Waals surface area contributed by atoms with Crippen molar-refractivity contribution in [2.75, 3.05) is 0 Å². The van der Waals surface area contributed by atoms with Crippen molar-refractivity contribution >= 4 is 23.9 Å². The van der Waals surface area contributed by atoms with Crippen molar-refractivity contribution in [1.82, 2.24) is 0 Å². The Morgan fingerprint density at radius 2 is 0.592 bits per heavy atom. The number of esters is 4. The van der Waals surface area contributed by atoms with Crippen molar-refractivity contribution in [1.29, 1.82) is 0 Å². The van der Waals surface area contributed by atoms with Crippen LogP contribution in [-0.2, 0) is 12.8 Å². The molecule has 10 aromatic rings. The van der Waals surface area contributed by atoms with E-state index in [4.69, 9.17) is 18.9 Å². The molecule has 0 heterocycles. The van der Waals surface area contributed by atoms with Gasteiger partial charge in [0.15, 0.2) is 0 Å². The molecule has 10 aromatic carbocycles. The van der Waals surface area contributed by atoms with Crippen LogP contribution in [0, 0.1) is 44.1 Å². The van der Waals surface area contributed by atoms with Gasteiger partial charge in [0.05, 0.1) is 22.3 Å². The SMILES string of the molecule is C.CCCCCCCCCc1ccc(-c2ccc(C(=O)Oc3ccc(-c4ccc(C)c(F)c4)cc3)cc2)cc1.CCCCCCCCc1ccc(C(=O)Oc2ccc(C(=O)Oc3ccc(C)c(F)c3)cc2)cc1.Cc1ccc(-c2ccc(OC(=O)c3ccc(C4CCC(C)CC4)cc3)cc2)cc1F. The lowest BCUT2D eigenvalue weighted by Gasteiger charge is -2.26. The lowest BCUT2D eigenvalue weighted by atomic mass is 9.79. The van der Waals surface area contributed by atoms with Crippen LogP contribution in [0.4, 0.5) is 13.2 Å². The normalized spacial score (nSPS) is 13.0. The number of unbranched alkanes of at least 4 members (excludes halogenated alkanes) is 11. The molecule has 0 aromatic heterocycles. The maximum Gasteiger partial charge on any atom is 0.343 e. The van der Waals surface area contributed by atoms with Gasteiger partial charge < -0.3 is 18.9 Å². The average Bonchev–Trinajstić information content (AvgIpc) is 0.854. The molecule has 1 fully saturated rings. The molecule has 0 unspecified atom stereocenters. The van der Waals surface area contributed by atoms with Crippen LogP contribution >= 0.6 is 0 Å². The summed E-state index contributed by atoms with van der Waals surface area (Å²) in [7, 11) is 0. The molecular weight excluding hydrogens is 1290 g/mol. The van der Waals surface area contributed by atoms with Gasteiger partial charge in [0.1, 0.15) is 40.4 Å². The molecule has 0 spiro atoms. The van der Waals surface area contributed by atoms with Crippen LogP contribution in [-0.4, -0.2) is 23.9 Å². The highest BCUT2D eigenvalue weighted by molar-refractivity contribution is 5.94. The first-order valence-electron chi connectivity index (χ1n) is 36.4. The number of rotatable bonds is 27. The molecule has 11 heteroatoms. The predicted molar refractivity (Wildman–Crippen MR) is 411 cm³/mol. The fraction of sp³-hybridized carbons (Fsp3) is 0.304. The number of halogens is 3. The van der Waals surface area contributed by atoms with E-state index in [0.29, 0.717) is 56.5 Å². The zero-order valence-corrected chi connectivity index (χ0v) is 59.9. The molecular formula is C92H99F3O8. The van der Waals surface area contributed by atoms with Crippen LogP contribution in [0.2, 0.25) is 0 Å². The Bertz CT molecular complexity index is 4290. The number of carbonyl (C=O) groups is 4. The van der Waals surface area contributed by atoms with Crippen LogP contribution < -0.4 is 18.9 Å². The highest BCUT2D eigenvalue weighted by atomic mass is 19.1. The number of benzene rings is 10. The highest BCUT2D eigenvalue weighted by Crippen LogP contribution is 2.36. The second kappa shape index (κ2) is 40.5. The summed E-state index contributed by atoms with van der Waals surface area (Å²) in [5, 5.41) is 0. The fourth-order valence-corrected chi connectivity index (χ4v) is 12.3. The Hall–Kier alpha value is -10.1. The van der Waals surface area contributed by atoms with Crippen molar-refractivity contribution in [3.63, 3.8) is 0 Å². The molecule has 11 rings (SSSR count). The predicted octanol–water partition coefficient (Wildman–Crippen LogP) is 25.4. The minimum absolute atomic E-state index is 0. The zero-order chi connectivity index (χ0) is 72.2. The Balaban J connectivity index is 0.000000196. The Morgan fingerprint density at radius 3 is 0.981 bits per heavy atom. The lowest BCUT2D eigenvalue weighted by Crippen LogP contribution is -2.12. The lowest BCUT2D eigenvalue weighted by molar-refractivity contribution is 0.0722. The minimum Gasteiger partial charge on any atom is -0.423 e. The van der Waals surface area contributed by atoms with Crippen molar-refractivity contribution in [2.24, 2.45) is 5.92 Å². The maximum absolute atomic E-state index is 13.9.